The Bertz CT molecular complexity index is 867. The Labute approximate surface area is 173 Å². The van der Waals surface area contributed by atoms with E-state index in [2.05, 4.69) is 16.5 Å². The molecule has 0 amide bonds. The van der Waals surface area contributed by atoms with Gasteiger partial charge in [0.2, 0.25) is 16.0 Å². The number of sulfonamides is 1. The summed E-state index contributed by atoms with van der Waals surface area (Å²) in [6, 6.07) is 0. The van der Waals surface area contributed by atoms with E-state index >= 15 is 0 Å². The fourth-order valence-electron chi connectivity index (χ4n) is 3.16. The molecule has 1 aromatic rings. The number of likely N-dealkylation sites (N-methyl/N-ethyl adjacent to an activating group) is 1. The highest BCUT2D eigenvalue weighted by molar-refractivity contribution is 7.92. The number of unbranched alkanes of at least 4 members (excludes halogenated alkanes) is 1. The first-order valence-corrected chi connectivity index (χ1v) is 11.4. The number of fused-ring (bicyclic) bond motifs is 1. The van der Waals surface area contributed by atoms with Crippen molar-refractivity contribution in [2.24, 2.45) is 0 Å². The van der Waals surface area contributed by atoms with Crippen LogP contribution in [-0.2, 0) is 26.0 Å². The van der Waals surface area contributed by atoms with Crippen molar-refractivity contribution in [2.45, 2.75) is 32.6 Å². The summed E-state index contributed by atoms with van der Waals surface area (Å²) in [6.45, 7) is 7.04. The highest BCUT2D eigenvalue weighted by Gasteiger charge is 2.34. The van der Waals surface area contributed by atoms with Gasteiger partial charge in [-0.15, -0.1) is 0 Å². The molecule has 0 fully saturated rings. The van der Waals surface area contributed by atoms with Crippen LogP contribution in [0, 0.1) is 0 Å². The summed E-state index contributed by atoms with van der Waals surface area (Å²) in [6.07, 6.45) is 6.22. The van der Waals surface area contributed by atoms with Crippen molar-refractivity contribution in [3.63, 3.8) is 0 Å². The van der Waals surface area contributed by atoms with E-state index in [1.54, 1.807) is 19.3 Å². The standard InChI is InChI=1S/C20H30N4O4S/c1-5-7-15-29(26,27)24-11-9-17-18(16(8-6-2)10-13-25)21-20(22-19(17)24)23(3)12-14-28-4/h6,8,13H,2,5,7,9-12,14-15H2,1,3-4H3. The molecule has 2 heterocycles. The molecule has 0 N–H and O–H groups in total. The molecule has 8 nitrogen and oxygen atoms in total. The van der Waals surface area contributed by atoms with E-state index in [0.29, 0.717) is 55.6 Å². The number of aromatic nitrogens is 2. The van der Waals surface area contributed by atoms with E-state index in [0.717, 1.165) is 18.3 Å². The van der Waals surface area contributed by atoms with Crippen molar-refractivity contribution in [1.29, 1.82) is 0 Å². The fraction of sp³-hybridized carbons (Fsp3) is 0.550. The van der Waals surface area contributed by atoms with Gasteiger partial charge in [0.25, 0.3) is 0 Å². The van der Waals surface area contributed by atoms with E-state index < -0.39 is 10.0 Å². The van der Waals surface area contributed by atoms with Crippen molar-refractivity contribution in [1.82, 2.24) is 9.97 Å². The second-order valence-corrected chi connectivity index (χ2v) is 8.89. The lowest BCUT2D eigenvalue weighted by Gasteiger charge is -2.22. The second-order valence-electron chi connectivity index (χ2n) is 6.88. The van der Waals surface area contributed by atoms with Crippen molar-refractivity contribution in [3.8, 4) is 0 Å². The summed E-state index contributed by atoms with van der Waals surface area (Å²) in [4.78, 5) is 22.3. The Morgan fingerprint density at radius 1 is 1.38 bits per heavy atom. The van der Waals surface area contributed by atoms with Crippen LogP contribution in [0.25, 0.3) is 5.57 Å². The number of anilines is 2. The van der Waals surface area contributed by atoms with Crippen molar-refractivity contribution in [3.05, 3.63) is 30.0 Å². The number of nitrogens with zero attached hydrogens (tertiary/aromatic N) is 4. The number of carbonyl (C=O) groups excluding carboxylic acids is 1. The average Bonchev–Trinajstić information content (AvgIpc) is 3.14. The maximum atomic E-state index is 12.9. The SMILES string of the molecule is C=CC=C(CC=O)c1nc(N(C)CCOC)nc2c1CCN2S(=O)(=O)CCCC. The molecule has 0 bridgehead atoms. The van der Waals surface area contributed by atoms with Crippen LogP contribution in [0.3, 0.4) is 0 Å². The number of hydrogen-bond acceptors (Lipinski definition) is 7. The minimum atomic E-state index is -3.47. The van der Waals surface area contributed by atoms with Gasteiger partial charge in [0.05, 0.1) is 18.1 Å². The molecule has 1 aromatic heterocycles. The molecule has 29 heavy (non-hydrogen) atoms. The van der Waals surface area contributed by atoms with E-state index in [-0.39, 0.29) is 12.2 Å². The van der Waals surface area contributed by atoms with E-state index in [1.807, 2.05) is 18.9 Å². The molecular formula is C20H30N4O4S. The Balaban J connectivity index is 2.60. The molecule has 0 saturated heterocycles. The summed E-state index contributed by atoms with van der Waals surface area (Å²) in [5, 5.41) is 0. The van der Waals surface area contributed by atoms with Gasteiger partial charge in [0.1, 0.15) is 6.29 Å². The topological polar surface area (TPSA) is 92.7 Å². The summed E-state index contributed by atoms with van der Waals surface area (Å²) < 4.78 is 32.3. The summed E-state index contributed by atoms with van der Waals surface area (Å²) in [7, 11) is -0.0349. The molecule has 1 aliphatic rings. The zero-order valence-corrected chi connectivity index (χ0v) is 18.2. The Hall–Kier alpha value is -2.26. The van der Waals surface area contributed by atoms with Crippen LogP contribution >= 0.6 is 0 Å². The van der Waals surface area contributed by atoms with Crippen LogP contribution in [0.1, 0.15) is 37.4 Å². The first-order chi connectivity index (χ1) is 13.9. The highest BCUT2D eigenvalue weighted by atomic mass is 32.2. The highest BCUT2D eigenvalue weighted by Crippen LogP contribution is 2.35. The van der Waals surface area contributed by atoms with Crippen LogP contribution in [0.5, 0.6) is 0 Å². The third kappa shape index (κ3) is 5.42. The normalized spacial score (nSPS) is 14.0. The third-order valence-corrected chi connectivity index (χ3v) is 6.60. The van der Waals surface area contributed by atoms with Crippen LogP contribution in [-0.4, -0.2) is 64.3 Å². The smallest absolute Gasteiger partial charge is 0.236 e. The number of ether oxygens (including phenoxy) is 1. The molecule has 2 rings (SSSR count). The lowest BCUT2D eigenvalue weighted by atomic mass is 10.0. The number of rotatable bonds is 12. The van der Waals surface area contributed by atoms with Gasteiger partial charge >= 0.3 is 0 Å². The van der Waals surface area contributed by atoms with Crippen LogP contribution in [0.2, 0.25) is 0 Å². The molecule has 1 aliphatic heterocycles. The lowest BCUT2D eigenvalue weighted by molar-refractivity contribution is -0.107. The molecule has 9 heteroatoms. The van der Waals surface area contributed by atoms with Crippen molar-refractivity contribution >= 4 is 33.6 Å². The first-order valence-electron chi connectivity index (χ1n) is 9.76. The number of carbonyl (C=O) groups is 1. The molecule has 0 spiro atoms. The molecule has 0 atom stereocenters. The van der Waals surface area contributed by atoms with Gasteiger partial charge in [-0.25, -0.2) is 13.4 Å². The van der Waals surface area contributed by atoms with Gasteiger partial charge in [-0.2, -0.15) is 4.98 Å². The van der Waals surface area contributed by atoms with E-state index in [4.69, 9.17) is 4.74 Å². The van der Waals surface area contributed by atoms with Gasteiger partial charge in [0.15, 0.2) is 5.82 Å². The van der Waals surface area contributed by atoms with Crippen molar-refractivity contribution in [2.75, 3.05) is 48.8 Å². The summed E-state index contributed by atoms with van der Waals surface area (Å²) in [5.74, 6) is 0.890. The monoisotopic (exact) mass is 422 g/mol. The number of methoxy groups -OCH3 is 1. The molecule has 0 aliphatic carbocycles. The van der Waals surface area contributed by atoms with E-state index in [9.17, 15) is 13.2 Å². The molecule has 0 saturated carbocycles. The zero-order valence-electron chi connectivity index (χ0n) is 17.4. The minimum Gasteiger partial charge on any atom is -0.383 e. The molecule has 160 valence electrons. The molecule has 0 aromatic carbocycles. The maximum absolute atomic E-state index is 12.9. The zero-order chi connectivity index (χ0) is 21.4. The minimum absolute atomic E-state index is 0.0841. The van der Waals surface area contributed by atoms with Gasteiger partial charge in [0, 0.05) is 39.2 Å². The summed E-state index contributed by atoms with van der Waals surface area (Å²) in [5.41, 5.74) is 2.06. The fourth-order valence-corrected chi connectivity index (χ4v) is 4.82. The third-order valence-electron chi connectivity index (χ3n) is 4.76. The first kappa shape index (κ1) is 23.0. The Morgan fingerprint density at radius 2 is 2.14 bits per heavy atom. The van der Waals surface area contributed by atoms with Gasteiger partial charge in [-0.05, 0) is 18.4 Å². The predicted octanol–water partition coefficient (Wildman–Crippen LogP) is 2.21. The molecule has 0 unspecified atom stereocenters. The average molecular weight is 423 g/mol. The summed E-state index contributed by atoms with van der Waals surface area (Å²) >= 11 is 0. The number of hydrogen-bond donors (Lipinski definition) is 0. The maximum Gasteiger partial charge on any atom is 0.236 e. The van der Waals surface area contributed by atoms with Crippen molar-refractivity contribution < 1.29 is 17.9 Å². The van der Waals surface area contributed by atoms with Gasteiger partial charge < -0.3 is 14.4 Å². The van der Waals surface area contributed by atoms with Gasteiger partial charge in [-0.1, -0.05) is 32.1 Å². The number of aldehydes is 1. The van der Waals surface area contributed by atoms with Crippen LogP contribution < -0.4 is 9.21 Å². The quantitative estimate of drug-likeness (QED) is 0.377. The van der Waals surface area contributed by atoms with Crippen LogP contribution in [0.15, 0.2) is 18.7 Å². The predicted molar refractivity (Wildman–Crippen MR) is 116 cm³/mol. The Morgan fingerprint density at radius 3 is 2.76 bits per heavy atom. The van der Waals surface area contributed by atoms with Crippen LogP contribution in [0.4, 0.5) is 11.8 Å². The largest absolute Gasteiger partial charge is 0.383 e. The molecular weight excluding hydrogens is 392 g/mol. The molecule has 0 radical (unpaired) electrons. The Kier molecular flexibility index (Phi) is 8.33. The van der Waals surface area contributed by atoms with E-state index in [1.165, 1.54) is 4.31 Å². The number of allylic oxidation sites excluding steroid dienone is 3. The second kappa shape index (κ2) is 10.5. The lowest BCUT2D eigenvalue weighted by Crippen LogP contribution is -2.32. The van der Waals surface area contributed by atoms with Gasteiger partial charge in [-0.3, -0.25) is 4.31 Å².